The Balaban J connectivity index is 2.04. The number of anilines is 1. The van der Waals surface area contributed by atoms with Gasteiger partial charge in [0.2, 0.25) is 5.91 Å². The number of hydrogen-bond acceptors (Lipinski definition) is 4. The van der Waals surface area contributed by atoms with Crippen LogP contribution in [0.5, 0.6) is 11.5 Å². The van der Waals surface area contributed by atoms with E-state index >= 15 is 0 Å². The van der Waals surface area contributed by atoms with Crippen LogP contribution in [0.25, 0.3) is 0 Å². The van der Waals surface area contributed by atoms with Crippen molar-refractivity contribution < 1.29 is 19.1 Å². The number of methoxy groups -OCH3 is 2. The number of rotatable bonds is 8. The molecule has 1 aromatic rings. The van der Waals surface area contributed by atoms with Gasteiger partial charge in [-0.05, 0) is 18.6 Å². The summed E-state index contributed by atoms with van der Waals surface area (Å²) in [4.78, 5) is 27.7. The third-order valence-electron chi connectivity index (χ3n) is 3.96. The second-order valence-corrected chi connectivity index (χ2v) is 5.60. The molecule has 1 aromatic carbocycles. The minimum Gasteiger partial charge on any atom is -0.497 e. The molecule has 0 atom stereocenters. The zero-order valence-corrected chi connectivity index (χ0v) is 14.5. The fourth-order valence-electron chi connectivity index (χ4n) is 2.59. The summed E-state index contributed by atoms with van der Waals surface area (Å²) in [5.41, 5.74) is 0.649. The minimum atomic E-state index is -0.202. The third kappa shape index (κ3) is 4.10. The van der Waals surface area contributed by atoms with Crippen molar-refractivity contribution in [1.82, 2.24) is 10.2 Å². The Morgan fingerprint density at radius 3 is 2.71 bits per heavy atom. The number of ether oxygens (including phenoxy) is 2. The molecule has 1 N–H and O–H groups in total. The molecule has 0 aliphatic carbocycles. The van der Waals surface area contributed by atoms with Crippen LogP contribution < -0.4 is 19.7 Å². The maximum absolute atomic E-state index is 12.6. The first-order chi connectivity index (χ1) is 11.6. The lowest BCUT2D eigenvalue weighted by atomic mass is 10.2. The van der Waals surface area contributed by atoms with Gasteiger partial charge in [-0.2, -0.15) is 0 Å². The second-order valence-electron chi connectivity index (χ2n) is 5.60. The molecule has 2 rings (SSSR count). The molecule has 0 radical (unpaired) electrons. The summed E-state index contributed by atoms with van der Waals surface area (Å²) in [6, 6.07) is 5.11. The average molecular weight is 335 g/mol. The smallest absolute Gasteiger partial charge is 0.325 e. The molecule has 1 heterocycles. The molecule has 1 aliphatic heterocycles. The first kappa shape index (κ1) is 17.9. The molecule has 3 amide bonds. The highest BCUT2D eigenvalue weighted by molar-refractivity contribution is 5.97. The van der Waals surface area contributed by atoms with Crippen molar-refractivity contribution in [2.24, 2.45) is 0 Å². The van der Waals surface area contributed by atoms with Crippen LogP contribution in [-0.4, -0.2) is 57.2 Å². The summed E-state index contributed by atoms with van der Waals surface area (Å²) < 4.78 is 10.6. The second kappa shape index (κ2) is 8.42. The Kier molecular flexibility index (Phi) is 6.28. The van der Waals surface area contributed by atoms with Crippen molar-refractivity contribution in [3.8, 4) is 11.5 Å². The number of hydrogen-bond donors (Lipinski definition) is 1. The van der Waals surface area contributed by atoms with Gasteiger partial charge < -0.3 is 19.7 Å². The van der Waals surface area contributed by atoms with Crippen LogP contribution in [0.2, 0.25) is 0 Å². The normalized spacial score (nSPS) is 14.0. The van der Waals surface area contributed by atoms with Gasteiger partial charge in [0.05, 0.1) is 19.9 Å². The van der Waals surface area contributed by atoms with Crippen LogP contribution in [0.3, 0.4) is 0 Å². The van der Waals surface area contributed by atoms with Gasteiger partial charge in [-0.15, -0.1) is 0 Å². The largest absolute Gasteiger partial charge is 0.497 e. The average Bonchev–Trinajstić information content (AvgIpc) is 2.95. The molecule has 0 aromatic heterocycles. The number of nitrogens with zero attached hydrogens (tertiary/aromatic N) is 2. The van der Waals surface area contributed by atoms with Gasteiger partial charge in [-0.1, -0.05) is 13.3 Å². The van der Waals surface area contributed by atoms with E-state index in [0.717, 1.165) is 12.8 Å². The molecule has 7 heteroatoms. The molecule has 24 heavy (non-hydrogen) atoms. The first-order valence-corrected chi connectivity index (χ1v) is 8.15. The number of unbranched alkanes of at least 4 members (excludes halogenated alkanes) is 1. The molecule has 0 saturated carbocycles. The van der Waals surface area contributed by atoms with E-state index in [2.05, 4.69) is 12.2 Å². The van der Waals surface area contributed by atoms with Crippen molar-refractivity contribution in [1.29, 1.82) is 0 Å². The van der Waals surface area contributed by atoms with E-state index in [1.807, 2.05) is 0 Å². The van der Waals surface area contributed by atoms with Crippen LogP contribution in [0.1, 0.15) is 19.8 Å². The van der Waals surface area contributed by atoms with Gasteiger partial charge in [0.15, 0.2) is 0 Å². The third-order valence-corrected chi connectivity index (χ3v) is 3.96. The molecule has 1 fully saturated rings. The molecule has 132 valence electrons. The monoisotopic (exact) mass is 335 g/mol. The predicted octanol–water partition coefficient (Wildman–Crippen LogP) is 1.86. The standard InChI is InChI=1S/C17H25N3O4/c1-4-5-8-18-16(21)12-19-9-10-20(17(19)22)14-11-13(23-2)6-7-15(14)24-3/h6-7,11H,4-5,8-10,12H2,1-3H3,(H,18,21). The van der Waals surface area contributed by atoms with E-state index in [1.54, 1.807) is 42.2 Å². The Morgan fingerprint density at radius 2 is 2.04 bits per heavy atom. The van der Waals surface area contributed by atoms with E-state index in [4.69, 9.17) is 9.47 Å². The SMILES string of the molecule is CCCCNC(=O)CN1CCN(c2cc(OC)ccc2OC)C1=O. The fraction of sp³-hybridized carbons (Fsp3) is 0.529. The molecule has 0 bridgehead atoms. The predicted molar refractivity (Wildman–Crippen MR) is 91.8 cm³/mol. The maximum Gasteiger partial charge on any atom is 0.325 e. The summed E-state index contributed by atoms with van der Waals surface area (Å²) in [6.07, 6.45) is 1.96. The van der Waals surface area contributed by atoms with Crippen LogP contribution in [0.4, 0.5) is 10.5 Å². The van der Waals surface area contributed by atoms with Crippen molar-refractivity contribution >= 4 is 17.6 Å². The molecule has 0 unspecified atom stereocenters. The van der Waals surface area contributed by atoms with Gasteiger partial charge in [0, 0.05) is 25.7 Å². The molecular weight excluding hydrogens is 310 g/mol. The first-order valence-electron chi connectivity index (χ1n) is 8.15. The van der Waals surface area contributed by atoms with E-state index in [9.17, 15) is 9.59 Å². The molecular formula is C17H25N3O4. The summed E-state index contributed by atoms with van der Waals surface area (Å²) in [5.74, 6) is 1.11. The van der Waals surface area contributed by atoms with Crippen molar-refractivity contribution in [3.63, 3.8) is 0 Å². The number of urea groups is 1. The van der Waals surface area contributed by atoms with Gasteiger partial charge in [0.25, 0.3) is 0 Å². The van der Waals surface area contributed by atoms with Crippen LogP contribution in [-0.2, 0) is 4.79 Å². The summed E-state index contributed by atoms with van der Waals surface area (Å²) in [7, 11) is 3.13. The summed E-state index contributed by atoms with van der Waals surface area (Å²) in [5, 5.41) is 2.83. The summed E-state index contributed by atoms with van der Waals surface area (Å²) >= 11 is 0. The Hall–Kier alpha value is -2.44. The van der Waals surface area contributed by atoms with Gasteiger partial charge in [0.1, 0.15) is 18.0 Å². The highest BCUT2D eigenvalue weighted by Crippen LogP contribution is 2.34. The fourth-order valence-corrected chi connectivity index (χ4v) is 2.59. The lowest BCUT2D eigenvalue weighted by Crippen LogP contribution is -2.40. The van der Waals surface area contributed by atoms with Gasteiger partial charge in [-0.25, -0.2) is 4.79 Å². The van der Waals surface area contributed by atoms with Crippen molar-refractivity contribution in [3.05, 3.63) is 18.2 Å². The number of amides is 3. The van der Waals surface area contributed by atoms with Crippen molar-refractivity contribution in [2.75, 3.05) is 45.3 Å². The van der Waals surface area contributed by atoms with Crippen LogP contribution >= 0.6 is 0 Å². The van der Waals surface area contributed by atoms with E-state index in [-0.39, 0.29) is 18.5 Å². The number of benzene rings is 1. The number of carbonyl (C=O) groups is 2. The highest BCUT2D eigenvalue weighted by Gasteiger charge is 2.32. The Labute approximate surface area is 142 Å². The van der Waals surface area contributed by atoms with E-state index < -0.39 is 0 Å². The van der Waals surface area contributed by atoms with E-state index in [0.29, 0.717) is 36.8 Å². The van der Waals surface area contributed by atoms with Crippen LogP contribution in [0.15, 0.2) is 18.2 Å². The van der Waals surface area contributed by atoms with E-state index in [1.165, 1.54) is 0 Å². The van der Waals surface area contributed by atoms with Gasteiger partial charge >= 0.3 is 6.03 Å². The zero-order valence-electron chi connectivity index (χ0n) is 14.5. The molecule has 0 spiro atoms. The topological polar surface area (TPSA) is 71.1 Å². The lowest BCUT2D eigenvalue weighted by Gasteiger charge is -2.21. The molecule has 1 aliphatic rings. The summed E-state index contributed by atoms with van der Waals surface area (Å²) in [6.45, 7) is 3.79. The Bertz CT molecular complexity index is 591. The van der Waals surface area contributed by atoms with Crippen molar-refractivity contribution in [2.45, 2.75) is 19.8 Å². The lowest BCUT2D eigenvalue weighted by molar-refractivity contribution is -0.121. The highest BCUT2D eigenvalue weighted by atomic mass is 16.5. The van der Waals surface area contributed by atoms with Crippen LogP contribution in [0, 0.1) is 0 Å². The number of nitrogens with one attached hydrogen (secondary N) is 1. The minimum absolute atomic E-state index is 0.0747. The zero-order chi connectivity index (χ0) is 17.5. The quantitative estimate of drug-likeness (QED) is 0.736. The van der Waals surface area contributed by atoms with Gasteiger partial charge in [-0.3, -0.25) is 9.69 Å². The maximum atomic E-state index is 12.6. The molecule has 1 saturated heterocycles. The Morgan fingerprint density at radius 1 is 1.25 bits per heavy atom. The molecule has 7 nitrogen and oxygen atoms in total. The number of carbonyl (C=O) groups excluding carboxylic acids is 2.